The molecule has 0 spiro atoms. The summed E-state index contributed by atoms with van der Waals surface area (Å²) in [5.74, 6) is 0.701. The molecular formula is C7H11N. The summed E-state index contributed by atoms with van der Waals surface area (Å²) in [5.41, 5.74) is 0.496. The van der Waals surface area contributed by atoms with Gasteiger partial charge in [-0.1, -0.05) is 13.8 Å². The van der Waals surface area contributed by atoms with Crippen molar-refractivity contribution in [2.75, 3.05) is 0 Å². The molecule has 1 atom stereocenters. The Labute approximate surface area is 50.3 Å². The average molecular weight is 109 g/mol. The SMILES string of the molecule is CC1(C)C[C@H]1CC#N. The van der Waals surface area contributed by atoms with Crippen LogP contribution in [-0.4, -0.2) is 0 Å². The van der Waals surface area contributed by atoms with Gasteiger partial charge >= 0.3 is 0 Å². The largest absolute Gasteiger partial charge is 0.198 e. The predicted octanol–water partition coefficient (Wildman–Crippen LogP) is 1.95. The molecule has 0 aromatic carbocycles. The van der Waals surface area contributed by atoms with Crippen molar-refractivity contribution in [3.8, 4) is 6.07 Å². The maximum absolute atomic E-state index is 8.26. The number of rotatable bonds is 1. The molecule has 1 aliphatic carbocycles. The quantitative estimate of drug-likeness (QED) is 0.505. The molecular weight excluding hydrogens is 98.1 g/mol. The highest BCUT2D eigenvalue weighted by atomic mass is 14.5. The van der Waals surface area contributed by atoms with Crippen LogP contribution in [-0.2, 0) is 0 Å². The molecule has 1 nitrogen and oxygen atoms in total. The van der Waals surface area contributed by atoms with Crippen LogP contribution in [0.25, 0.3) is 0 Å². The minimum atomic E-state index is 0.496. The van der Waals surface area contributed by atoms with Crippen LogP contribution in [0.1, 0.15) is 26.7 Å². The van der Waals surface area contributed by atoms with Gasteiger partial charge in [0.1, 0.15) is 0 Å². The van der Waals surface area contributed by atoms with E-state index in [9.17, 15) is 0 Å². The van der Waals surface area contributed by atoms with Crippen LogP contribution < -0.4 is 0 Å². The third kappa shape index (κ3) is 0.838. The van der Waals surface area contributed by atoms with Gasteiger partial charge in [-0.3, -0.25) is 0 Å². The van der Waals surface area contributed by atoms with Crippen molar-refractivity contribution in [2.24, 2.45) is 11.3 Å². The van der Waals surface area contributed by atoms with Crippen LogP contribution in [0.4, 0.5) is 0 Å². The number of nitriles is 1. The van der Waals surface area contributed by atoms with Crippen molar-refractivity contribution < 1.29 is 0 Å². The van der Waals surface area contributed by atoms with Crippen LogP contribution in [0.2, 0.25) is 0 Å². The summed E-state index contributed by atoms with van der Waals surface area (Å²) in [5, 5.41) is 8.26. The number of hydrogen-bond acceptors (Lipinski definition) is 1. The Bertz CT molecular complexity index is 130. The van der Waals surface area contributed by atoms with Crippen molar-refractivity contribution in [1.29, 1.82) is 5.26 Å². The van der Waals surface area contributed by atoms with Crippen molar-refractivity contribution in [3.05, 3.63) is 0 Å². The Morgan fingerprint density at radius 1 is 1.75 bits per heavy atom. The van der Waals surface area contributed by atoms with Gasteiger partial charge in [0.2, 0.25) is 0 Å². The highest BCUT2D eigenvalue weighted by Gasteiger charge is 2.44. The molecule has 0 aliphatic heterocycles. The standard InChI is InChI=1S/C7H11N/c1-7(2)5-6(7)3-4-8/h6H,3,5H2,1-2H3/t6-/m1/s1. The van der Waals surface area contributed by atoms with Gasteiger partial charge in [-0.05, 0) is 17.8 Å². The molecule has 8 heavy (non-hydrogen) atoms. The van der Waals surface area contributed by atoms with E-state index in [1.165, 1.54) is 6.42 Å². The Balaban J connectivity index is 2.29. The van der Waals surface area contributed by atoms with Gasteiger partial charge in [0.05, 0.1) is 6.07 Å². The molecule has 0 N–H and O–H groups in total. The first-order valence-electron chi connectivity index (χ1n) is 3.04. The lowest BCUT2D eigenvalue weighted by Gasteiger charge is -1.94. The van der Waals surface area contributed by atoms with Crippen LogP contribution >= 0.6 is 0 Å². The highest BCUT2D eigenvalue weighted by Crippen LogP contribution is 2.53. The molecule has 0 aromatic heterocycles. The van der Waals surface area contributed by atoms with Crippen LogP contribution in [0.5, 0.6) is 0 Å². The molecule has 1 heteroatoms. The van der Waals surface area contributed by atoms with E-state index in [1.807, 2.05) is 0 Å². The zero-order valence-electron chi connectivity index (χ0n) is 5.44. The fourth-order valence-corrected chi connectivity index (χ4v) is 1.03. The number of hydrogen-bond donors (Lipinski definition) is 0. The summed E-state index contributed by atoms with van der Waals surface area (Å²) in [7, 11) is 0. The van der Waals surface area contributed by atoms with Gasteiger partial charge in [0, 0.05) is 6.42 Å². The molecule has 0 aromatic rings. The zero-order chi connectivity index (χ0) is 6.20. The average Bonchev–Trinajstić information content (AvgIpc) is 2.15. The van der Waals surface area contributed by atoms with E-state index in [0.717, 1.165) is 6.42 Å². The zero-order valence-corrected chi connectivity index (χ0v) is 5.44. The Kier molecular flexibility index (Phi) is 1.04. The fourth-order valence-electron chi connectivity index (χ4n) is 1.03. The molecule has 44 valence electrons. The highest BCUT2D eigenvalue weighted by molar-refractivity contribution is 4.99. The molecule has 0 radical (unpaired) electrons. The second kappa shape index (κ2) is 1.48. The third-order valence-corrected chi connectivity index (χ3v) is 2.06. The maximum atomic E-state index is 8.26. The van der Waals surface area contributed by atoms with E-state index in [2.05, 4.69) is 19.9 Å². The van der Waals surface area contributed by atoms with Crippen LogP contribution in [0.3, 0.4) is 0 Å². The van der Waals surface area contributed by atoms with Gasteiger partial charge in [-0.15, -0.1) is 0 Å². The molecule has 0 bridgehead atoms. The number of nitrogens with zero attached hydrogens (tertiary/aromatic N) is 1. The Morgan fingerprint density at radius 3 is 2.38 bits per heavy atom. The monoisotopic (exact) mass is 109 g/mol. The van der Waals surface area contributed by atoms with Crippen molar-refractivity contribution >= 4 is 0 Å². The molecule has 1 aliphatic rings. The lowest BCUT2D eigenvalue weighted by Crippen LogP contribution is -1.87. The lowest BCUT2D eigenvalue weighted by atomic mass is 10.1. The molecule has 1 rings (SSSR count). The summed E-state index contributed by atoms with van der Waals surface area (Å²) in [6.45, 7) is 4.43. The second-order valence-corrected chi connectivity index (χ2v) is 3.25. The Morgan fingerprint density at radius 2 is 2.25 bits per heavy atom. The van der Waals surface area contributed by atoms with E-state index in [0.29, 0.717) is 11.3 Å². The summed E-state index contributed by atoms with van der Waals surface area (Å²) in [4.78, 5) is 0. The predicted molar refractivity (Wildman–Crippen MR) is 32.1 cm³/mol. The third-order valence-electron chi connectivity index (χ3n) is 2.06. The summed E-state index contributed by atoms with van der Waals surface area (Å²) in [6.07, 6.45) is 2.01. The summed E-state index contributed by atoms with van der Waals surface area (Å²) in [6, 6.07) is 2.19. The first kappa shape index (κ1) is 5.62. The molecule has 1 fully saturated rings. The van der Waals surface area contributed by atoms with E-state index in [-0.39, 0.29) is 0 Å². The van der Waals surface area contributed by atoms with Crippen LogP contribution in [0, 0.1) is 22.7 Å². The van der Waals surface area contributed by atoms with Crippen molar-refractivity contribution in [2.45, 2.75) is 26.7 Å². The van der Waals surface area contributed by atoms with Crippen LogP contribution in [0.15, 0.2) is 0 Å². The molecule has 0 saturated heterocycles. The Hall–Kier alpha value is -0.510. The molecule has 0 amide bonds. The maximum Gasteiger partial charge on any atom is 0.0624 e. The van der Waals surface area contributed by atoms with E-state index in [4.69, 9.17) is 5.26 Å². The fraction of sp³-hybridized carbons (Fsp3) is 0.857. The van der Waals surface area contributed by atoms with Gasteiger partial charge in [0.25, 0.3) is 0 Å². The molecule has 0 unspecified atom stereocenters. The minimum absolute atomic E-state index is 0.496. The first-order chi connectivity index (χ1) is 3.67. The van der Waals surface area contributed by atoms with E-state index >= 15 is 0 Å². The summed E-state index contributed by atoms with van der Waals surface area (Å²) < 4.78 is 0. The van der Waals surface area contributed by atoms with Gasteiger partial charge < -0.3 is 0 Å². The van der Waals surface area contributed by atoms with Gasteiger partial charge in [-0.2, -0.15) is 5.26 Å². The van der Waals surface area contributed by atoms with Gasteiger partial charge in [0.15, 0.2) is 0 Å². The normalized spacial score (nSPS) is 31.4. The second-order valence-electron chi connectivity index (χ2n) is 3.25. The molecule has 0 heterocycles. The summed E-state index contributed by atoms with van der Waals surface area (Å²) >= 11 is 0. The smallest absolute Gasteiger partial charge is 0.0624 e. The van der Waals surface area contributed by atoms with Crippen molar-refractivity contribution in [1.82, 2.24) is 0 Å². The van der Waals surface area contributed by atoms with E-state index in [1.54, 1.807) is 0 Å². The lowest BCUT2D eigenvalue weighted by molar-refractivity contribution is 0.566. The van der Waals surface area contributed by atoms with Crippen molar-refractivity contribution in [3.63, 3.8) is 0 Å². The topological polar surface area (TPSA) is 23.8 Å². The van der Waals surface area contributed by atoms with Gasteiger partial charge in [-0.25, -0.2) is 0 Å². The molecule has 1 saturated carbocycles. The minimum Gasteiger partial charge on any atom is -0.198 e. The first-order valence-corrected chi connectivity index (χ1v) is 3.04. The van der Waals surface area contributed by atoms with E-state index < -0.39 is 0 Å².